The highest BCUT2D eigenvalue weighted by Crippen LogP contribution is 2.50. The van der Waals surface area contributed by atoms with Crippen LogP contribution in [0.5, 0.6) is 0 Å². The van der Waals surface area contributed by atoms with Gasteiger partial charge < -0.3 is 9.84 Å². The van der Waals surface area contributed by atoms with Crippen LogP contribution in [0.1, 0.15) is 29.9 Å². The number of carbonyl (C=O) groups is 1. The van der Waals surface area contributed by atoms with E-state index in [0.29, 0.717) is 6.42 Å². The van der Waals surface area contributed by atoms with Crippen molar-refractivity contribution in [2.45, 2.75) is 37.3 Å². The lowest BCUT2D eigenvalue weighted by Gasteiger charge is -2.46. The number of hydrogen-bond acceptors (Lipinski definition) is 5. The molecule has 0 spiro atoms. The number of nitrogens with zero attached hydrogens (tertiary/aromatic N) is 1. The Morgan fingerprint density at radius 2 is 2.00 bits per heavy atom. The molecule has 1 saturated heterocycles. The van der Waals surface area contributed by atoms with Crippen molar-refractivity contribution in [1.82, 2.24) is 0 Å². The van der Waals surface area contributed by atoms with Crippen LogP contribution in [-0.2, 0) is 9.53 Å². The van der Waals surface area contributed by atoms with Gasteiger partial charge in [-0.15, -0.1) is 0 Å². The SMILES string of the molecule is Cc1ccc([C@@H]2[C@H]3CC[C@H](O)[C@]2([N+](=O)[O-])COC3=O)cc1. The molecular formula is C15H17NO5. The Hall–Kier alpha value is -1.95. The molecule has 0 aromatic heterocycles. The summed E-state index contributed by atoms with van der Waals surface area (Å²) in [5.74, 6) is -1.60. The van der Waals surface area contributed by atoms with E-state index < -0.39 is 34.4 Å². The van der Waals surface area contributed by atoms with E-state index in [4.69, 9.17) is 4.74 Å². The monoisotopic (exact) mass is 291 g/mol. The lowest BCUT2D eigenvalue weighted by atomic mass is 9.62. The molecule has 2 fully saturated rings. The number of aliphatic hydroxyl groups excluding tert-OH is 1. The van der Waals surface area contributed by atoms with E-state index >= 15 is 0 Å². The van der Waals surface area contributed by atoms with Crippen LogP contribution in [0, 0.1) is 23.0 Å². The first kappa shape index (κ1) is 14.0. The average molecular weight is 291 g/mol. The second-order valence-electron chi connectivity index (χ2n) is 5.94. The fraction of sp³-hybridized carbons (Fsp3) is 0.533. The highest BCUT2D eigenvalue weighted by molar-refractivity contribution is 5.75. The third kappa shape index (κ3) is 1.93. The molecular weight excluding hydrogens is 274 g/mol. The third-order valence-electron chi connectivity index (χ3n) is 4.79. The van der Waals surface area contributed by atoms with Crippen molar-refractivity contribution in [3.05, 3.63) is 45.5 Å². The normalized spacial score (nSPS) is 35.1. The van der Waals surface area contributed by atoms with Gasteiger partial charge in [0.2, 0.25) is 0 Å². The van der Waals surface area contributed by atoms with Gasteiger partial charge in [-0.2, -0.15) is 0 Å². The summed E-state index contributed by atoms with van der Waals surface area (Å²) in [6.45, 7) is 1.56. The van der Waals surface area contributed by atoms with E-state index in [1.54, 1.807) is 0 Å². The minimum absolute atomic E-state index is 0.253. The Kier molecular flexibility index (Phi) is 3.20. The molecule has 112 valence electrons. The first-order chi connectivity index (χ1) is 9.96. The summed E-state index contributed by atoms with van der Waals surface area (Å²) in [6.07, 6.45) is -0.444. The van der Waals surface area contributed by atoms with Gasteiger partial charge in [-0.25, -0.2) is 0 Å². The number of rotatable bonds is 2. The van der Waals surface area contributed by atoms with Crippen LogP contribution in [0.15, 0.2) is 24.3 Å². The van der Waals surface area contributed by atoms with E-state index in [1.807, 2.05) is 31.2 Å². The molecule has 0 radical (unpaired) electrons. The molecule has 0 amide bonds. The topological polar surface area (TPSA) is 89.7 Å². The number of cyclic esters (lactones) is 1. The Labute approximate surface area is 121 Å². The molecule has 1 aromatic rings. The van der Waals surface area contributed by atoms with Gasteiger partial charge in [0.25, 0.3) is 5.54 Å². The number of aryl methyl sites for hydroxylation is 1. The predicted molar refractivity (Wildman–Crippen MR) is 73.3 cm³/mol. The fourth-order valence-electron chi connectivity index (χ4n) is 3.63. The number of nitro groups is 1. The van der Waals surface area contributed by atoms with Gasteiger partial charge >= 0.3 is 5.97 Å². The largest absolute Gasteiger partial charge is 0.458 e. The zero-order valence-electron chi connectivity index (χ0n) is 11.7. The van der Waals surface area contributed by atoms with Crippen LogP contribution >= 0.6 is 0 Å². The maximum atomic E-state index is 12.0. The molecule has 1 aromatic carbocycles. The maximum absolute atomic E-state index is 12.0. The zero-order valence-corrected chi connectivity index (χ0v) is 11.7. The number of benzene rings is 1. The summed E-state index contributed by atoms with van der Waals surface area (Å²) in [7, 11) is 0. The fourth-order valence-corrected chi connectivity index (χ4v) is 3.63. The highest BCUT2D eigenvalue weighted by atomic mass is 16.6. The lowest BCUT2D eigenvalue weighted by molar-refractivity contribution is -0.599. The number of carbonyl (C=O) groups excluding carboxylic acids is 1. The van der Waals surface area contributed by atoms with Gasteiger partial charge in [0, 0.05) is 4.92 Å². The first-order valence-electron chi connectivity index (χ1n) is 7.02. The number of esters is 1. The number of ether oxygens (including phenoxy) is 1. The molecule has 6 heteroatoms. The lowest BCUT2D eigenvalue weighted by Crippen LogP contribution is -2.65. The van der Waals surface area contributed by atoms with E-state index in [0.717, 1.165) is 11.1 Å². The molecule has 0 unspecified atom stereocenters. The summed E-state index contributed by atoms with van der Waals surface area (Å²) in [5.41, 5.74) is 0.127. The van der Waals surface area contributed by atoms with E-state index in [2.05, 4.69) is 0 Å². The average Bonchev–Trinajstić information content (AvgIpc) is 2.45. The van der Waals surface area contributed by atoms with Gasteiger partial charge in [0.1, 0.15) is 6.10 Å². The molecule has 1 saturated carbocycles. The van der Waals surface area contributed by atoms with Crippen molar-refractivity contribution in [2.24, 2.45) is 5.92 Å². The summed E-state index contributed by atoms with van der Waals surface area (Å²) in [4.78, 5) is 23.3. The van der Waals surface area contributed by atoms with Crippen molar-refractivity contribution in [2.75, 3.05) is 6.61 Å². The summed E-state index contributed by atoms with van der Waals surface area (Å²) in [5, 5.41) is 22.0. The minimum atomic E-state index is -1.63. The van der Waals surface area contributed by atoms with E-state index in [1.165, 1.54) is 0 Å². The molecule has 1 heterocycles. The highest BCUT2D eigenvalue weighted by Gasteiger charge is 2.66. The van der Waals surface area contributed by atoms with Crippen LogP contribution in [0.2, 0.25) is 0 Å². The standard InChI is InChI=1S/C15H17NO5/c1-9-2-4-10(5-3-9)13-11-6-7-12(17)15(13,16(19)20)8-21-14(11)18/h2-5,11-13,17H,6-8H2,1H3/t11-,12+,13-,15-/m1/s1. The Morgan fingerprint density at radius 1 is 1.33 bits per heavy atom. The van der Waals surface area contributed by atoms with Crippen LogP contribution < -0.4 is 0 Å². The zero-order chi connectivity index (χ0) is 15.2. The van der Waals surface area contributed by atoms with E-state index in [9.17, 15) is 20.0 Å². The molecule has 1 N–H and O–H groups in total. The molecule has 6 nitrogen and oxygen atoms in total. The van der Waals surface area contributed by atoms with Crippen molar-refractivity contribution < 1.29 is 19.6 Å². The van der Waals surface area contributed by atoms with Crippen molar-refractivity contribution >= 4 is 5.97 Å². The Bertz CT molecular complexity index is 584. The molecule has 1 aliphatic carbocycles. The molecule has 4 atom stereocenters. The van der Waals surface area contributed by atoms with E-state index in [-0.39, 0.29) is 13.0 Å². The van der Waals surface area contributed by atoms with Gasteiger partial charge in [-0.3, -0.25) is 14.9 Å². The van der Waals surface area contributed by atoms with Crippen LogP contribution in [0.3, 0.4) is 0 Å². The molecule has 2 aliphatic rings. The van der Waals surface area contributed by atoms with Crippen molar-refractivity contribution in [3.8, 4) is 0 Å². The molecule has 2 bridgehead atoms. The summed E-state index contributed by atoms with van der Waals surface area (Å²) < 4.78 is 5.01. The van der Waals surface area contributed by atoms with Crippen molar-refractivity contribution in [1.29, 1.82) is 0 Å². The third-order valence-corrected chi connectivity index (χ3v) is 4.79. The minimum Gasteiger partial charge on any atom is -0.458 e. The van der Waals surface area contributed by atoms with Crippen LogP contribution in [0.4, 0.5) is 0 Å². The van der Waals surface area contributed by atoms with Gasteiger partial charge in [-0.05, 0) is 25.3 Å². The predicted octanol–water partition coefficient (Wildman–Crippen LogP) is 1.42. The number of hydrogen-bond donors (Lipinski definition) is 1. The first-order valence-corrected chi connectivity index (χ1v) is 7.02. The second-order valence-corrected chi connectivity index (χ2v) is 5.94. The molecule has 3 rings (SSSR count). The molecule has 21 heavy (non-hydrogen) atoms. The van der Waals surface area contributed by atoms with Gasteiger partial charge in [-0.1, -0.05) is 29.8 Å². The van der Waals surface area contributed by atoms with Gasteiger partial charge in [0.05, 0.1) is 11.8 Å². The number of aliphatic hydroxyl groups is 1. The smallest absolute Gasteiger partial charge is 0.310 e. The Balaban J connectivity index is 2.14. The van der Waals surface area contributed by atoms with Crippen LogP contribution in [-0.4, -0.2) is 34.2 Å². The second kappa shape index (κ2) is 4.80. The maximum Gasteiger partial charge on any atom is 0.310 e. The van der Waals surface area contributed by atoms with Crippen LogP contribution in [0.25, 0.3) is 0 Å². The van der Waals surface area contributed by atoms with Crippen molar-refractivity contribution in [3.63, 3.8) is 0 Å². The summed E-state index contributed by atoms with van der Waals surface area (Å²) in [6, 6.07) is 7.35. The number of fused-ring (bicyclic) bond motifs is 2. The quantitative estimate of drug-likeness (QED) is 0.505. The van der Waals surface area contributed by atoms with Gasteiger partial charge in [0.15, 0.2) is 6.61 Å². The Morgan fingerprint density at radius 3 is 2.62 bits per heavy atom. The summed E-state index contributed by atoms with van der Waals surface area (Å²) >= 11 is 0. The molecule has 1 aliphatic heterocycles.